The number of rotatable bonds is 2. The van der Waals surface area contributed by atoms with Crippen molar-refractivity contribution in [2.75, 3.05) is 13.1 Å². The molecule has 0 atom stereocenters. The van der Waals surface area contributed by atoms with Gasteiger partial charge in [-0.3, -0.25) is 4.79 Å². The molecule has 5 nitrogen and oxygen atoms in total. The first-order chi connectivity index (χ1) is 10.7. The minimum atomic E-state index is 0.0555. The largest absolute Gasteiger partial charge is 0.469 e. The van der Waals surface area contributed by atoms with E-state index in [4.69, 9.17) is 4.42 Å². The first kappa shape index (κ1) is 13.5. The molecule has 22 heavy (non-hydrogen) atoms. The standard InChI is InChI=1S/C17H19N3O2/c1-11-13(6-9-22-11)17(21)20-7-4-14-15(5-8-20)18-10-19-16(14)12-2-3-12/h6,9-10,12H,2-5,7-8H2,1H3. The maximum Gasteiger partial charge on any atom is 0.257 e. The Morgan fingerprint density at radius 1 is 1.27 bits per heavy atom. The molecule has 2 aromatic rings. The quantitative estimate of drug-likeness (QED) is 0.854. The van der Waals surface area contributed by atoms with Crippen molar-refractivity contribution in [2.45, 2.75) is 38.5 Å². The summed E-state index contributed by atoms with van der Waals surface area (Å²) < 4.78 is 5.26. The van der Waals surface area contributed by atoms with Crippen molar-refractivity contribution in [2.24, 2.45) is 0 Å². The Kier molecular flexibility index (Phi) is 3.21. The van der Waals surface area contributed by atoms with Crippen LogP contribution in [0.4, 0.5) is 0 Å². The fourth-order valence-electron chi connectivity index (χ4n) is 3.24. The number of nitrogens with zero attached hydrogens (tertiary/aromatic N) is 3. The minimum absolute atomic E-state index is 0.0555. The second kappa shape index (κ2) is 5.23. The van der Waals surface area contributed by atoms with Gasteiger partial charge in [-0.05, 0) is 37.8 Å². The third kappa shape index (κ3) is 2.30. The number of aromatic nitrogens is 2. The first-order valence-electron chi connectivity index (χ1n) is 7.90. The Morgan fingerprint density at radius 3 is 2.82 bits per heavy atom. The van der Waals surface area contributed by atoms with Gasteiger partial charge in [-0.25, -0.2) is 9.97 Å². The van der Waals surface area contributed by atoms with Crippen molar-refractivity contribution >= 4 is 5.91 Å². The Morgan fingerprint density at radius 2 is 2.09 bits per heavy atom. The molecule has 0 N–H and O–H groups in total. The molecule has 0 unspecified atom stereocenters. The van der Waals surface area contributed by atoms with Crippen molar-refractivity contribution in [3.8, 4) is 0 Å². The smallest absolute Gasteiger partial charge is 0.257 e. The van der Waals surface area contributed by atoms with Crippen LogP contribution in [0.1, 0.15) is 51.8 Å². The lowest BCUT2D eigenvalue weighted by atomic mass is 10.0. The zero-order valence-electron chi connectivity index (χ0n) is 12.7. The molecule has 2 aromatic heterocycles. The Bertz CT molecular complexity index is 718. The van der Waals surface area contributed by atoms with Gasteiger partial charge < -0.3 is 9.32 Å². The highest BCUT2D eigenvalue weighted by molar-refractivity contribution is 5.95. The summed E-state index contributed by atoms with van der Waals surface area (Å²) in [6.07, 6.45) is 7.39. The average Bonchev–Trinajstić information content (AvgIpc) is 3.31. The van der Waals surface area contributed by atoms with E-state index in [2.05, 4.69) is 9.97 Å². The number of amides is 1. The van der Waals surface area contributed by atoms with E-state index in [0.29, 0.717) is 23.8 Å². The summed E-state index contributed by atoms with van der Waals surface area (Å²) in [6.45, 7) is 3.26. The van der Waals surface area contributed by atoms with Crippen LogP contribution in [0, 0.1) is 6.92 Å². The highest BCUT2D eigenvalue weighted by Crippen LogP contribution is 2.41. The number of furan rings is 1. The molecule has 3 heterocycles. The second-order valence-electron chi connectivity index (χ2n) is 6.14. The first-order valence-corrected chi connectivity index (χ1v) is 7.90. The lowest BCUT2D eigenvalue weighted by molar-refractivity contribution is 0.0761. The molecule has 0 bridgehead atoms. The number of carbonyl (C=O) groups is 1. The lowest BCUT2D eigenvalue weighted by Gasteiger charge is -2.19. The van der Waals surface area contributed by atoms with Gasteiger partial charge in [0.2, 0.25) is 0 Å². The van der Waals surface area contributed by atoms with Crippen molar-refractivity contribution < 1.29 is 9.21 Å². The predicted octanol–water partition coefficient (Wildman–Crippen LogP) is 2.50. The highest BCUT2D eigenvalue weighted by atomic mass is 16.3. The fraction of sp³-hybridized carbons (Fsp3) is 0.471. The van der Waals surface area contributed by atoms with E-state index >= 15 is 0 Å². The normalized spacial score (nSPS) is 18.0. The van der Waals surface area contributed by atoms with E-state index in [9.17, 15) is 4.79 Å². The molecule has 1 saturated carbocycles. The Hall–Kier alpha value is -2.17. The summed E-state index contributed by atoms with van der Waals surface area (Å²) in [5, 5.41) is 0. The molecule has 1 amide bonds. The maximum absolute atomic E-state index is 12.6. The van der Waals surface area contributed by atoms with Gasteiger partial charge in [0.15, 0.2) is 0 Å². The molecule has 1 fully saturated rings. The number of hydrogen-bond acceptors (Lipinski definition) is 4. The number of carbonyl (C=O) groups excluding carboxylic acids is 1. The minimum Gasteiger partial charge on any atom is -0.469 e. The van der Waals surface area contributed by atoms with Crippen LogP contribution in [0.15, 0.2) is 23.1 Å². The molecule has 114 valence electrons. The molecule has 0 saturated heterocycles. The van der Waals surface area contributed by atoms with E-state index in [-0.39, 0.29) is 5.91 Å². The van der Waals surface area contributed by atoms with Crippen LogP contribution in [0.25, 0.3) is 0 Å². The lowest BCUT2D eigenvalue weighted by Crippen LogP contribution is -2.33. The summed E-state index contributed by atoms with van der Waals surface area (Å²) >= 11 is 0. The molecule has 0 aromatic carbocycles. The van der Waals surface area contributed by atoms with Crippen molar-refractivity contribution in [3.63, 3.8) is 0 Å². The summed E-state index contributed by atoms with van der Waals surface area (Å²) in [4.78, 5) is 23.5. The highest BCUT2D eigenvalue weighted by Gasteiger charge is 2.31. The molecule has 1 aliphatic heterocycles. The summed E-state index contributed by atoms with van der Waals surface area (Å²) in [6, 6.07) is 1.76. The zero-order valence-corrected chi connectivity index (χ0v) is 12.7. The number of hydrogen-bond donors (Lipinski definition) is 0. The van der Waals surface area contributed by atoms with Crippen LogP contribution in [-0.4, -0.2) is 33.9 Å². The Balaban J connectivity index is 1.58. The SMILES string of the molecule is Cc1occc1C(=O)N1CCc2ncnc(C3CC3)c2CC1. The fourth-order valence-corrected chi connectivity index (χ4v) is 3.24. The monoisotopic (exact) mass is 297 g/mol. The van der Waals surface area contributed by atoms with E-state index in [1.165, 1.54) is 24.1 Å². The van der Waals surface area contributed by atoms with Crippen LogP contribution < -0.4 is 0 Å². The number of aryl methyl sites for hydroxylation is 1. The third-order valence-electron chi connectivity index (χ3n) is 4.66. The molecular weight excluding hydrogens is 278 g/mol. The van der Waals surface area contributed by atoms with Crippen LogP contribution in [-0.2, 0) is 12.8 Å². The topological polar surface area (TPSA) is 59.2 Å². The summed E-state index contributed by atoms with van der Waals surface area (Å²) in [5.74, 6) is 1.36. The van der Waals surface area contributed by atoms with Gasteiger partial charge in [0, 0.05) is 31.1 Å². The predicted molar refractivity (Wildman–Crippen MR) is 80.8 cm³/mol. The second-order valence-corrected chi connectivity index (χ2v) is 6.14. The molecule has 5 heteroatoms. The van der Waals surface area contributed by atoms with E-state index in [1.807, 2.05) is 11.8 Å². The number of fused-ring (bicyclic) bond motifs is 1. The van der Waals surface area contributed by atoms with Gasteiger partial charge in [-0.1, -0.05) is 0 Å². The van der Waals surface area contributed by atoms with Gasteiger partial charge in [-0.2, -0.15) is 0 Å². The zero-order chi connectivity index (χ0) is 15.1. The third-order valence-corrected chi connectivity index (χ3v) is 4.66. The van der Waals surface area contributed by atoms with Crippen LogP contribution >= 0.6 is 0 Å². The molecule has 0 spiro atoms. The van der Waals surface area contributed by atoms with Crippen molar-refractivity contribution in [1.29, 1.82) is 0 Å². The van der Waals surface area contributed by atoms with Crippen molar-refractivity contribution in [1.82, 2.24) is 14.9 Å². The molecule has 4 rings (SSSR count). The van der Waals surface area contributed by atoms with Crippen molar-refractivity contribution in [3.05, 3.63) is 46.9 Å². The van der Waals surface area contributed by atoms with Gasteiger partial charge in [-0.15, -0.1) is 0 Å². The van der Waals surface area contributed by atoms with Gasteiger partial charge in [0.05, 0.1) is 17.5 Å². The average molecular weight is 297 g/mol. The van der Waals surface area contributed by atoms with Crippen LogP contribution in [0.3, 0.4) is 0 Å². The molecular formula is C17H19N3O2. The van der Waals surface area contributed by atoms with E-state index in [1.54, 1.807) is 18.7 Å². The van der Waals surface area contributed by atoms with E-state index < -0.39 is 0 Å². The summed E-state index contributed by atoms with van der Waals surface area (Å²) in [5.41, 5.74) is 4.29. The van der Waals surface area contributed by atoms with Crippen LogP contribution in [0.2, 0.25) is 0 Å². The maximum atomic E-state index is 12.6. The van der Waals surface area contributed by atoms with Crippen LogP contribution in [0.5, 0.6) is 0 Å². The van der Waals surface area contributed by atoms with Gasteiger partial charge in [0.25, 0.3) is 5.91 Å². The van der Waals surface area contributed by atoms with Gasteiger partial charge in [0.1, 0.15) is 12.1 Å². The summed E-state index contributed by atoms with van der Waals surface area (Å²) in [7, 11) is 0. The Labute approximate surface area is 129 Å². The van der Waals surface area contributed by atoms with E-state index in [0.717, 1.165) is 25.1 Å². The molecule has 1 aliphatic carbocycles. The van der Waals surface area contributed by atoms with Gasteiger partial charge >= 0.3 is 0 Å². The molecule has 0 radical (unpaired) electrons. The molecule has 2 aliphatic rings.